The summed E-state index contributed by atoms with van der Waals surface area (Å²) in [5.41, 5.74) is 2.60. The topological polar surface area (TPSA) is 30.5 Å². The molecule has 0 amide bonds. The van der Waals surface area contributed by atoms with Gasteiger partial charge >= 0.3 is 0 Å². The third-order valence-corrected chi connectivity index (χ3v) is 8.87. The summed E-state index contributed by atoms with van der Waals surface area (Å²) in [6.07, 6.45) is 8.69. The van der Waals surface area contributed by atoms with Gasteiger partial charge in [-0.1, -0.05) is 12.1 Å². The summed E-state index contributed by atoms with van der Waals surface area (Å²) >= 11 is 3.70. The molecule has 4 fully saturated rings. The van der Waals surface area contributed by atoms with Crippen LogP contribution in [0.15, 0.2) is 40.9 Å². The highest BCUT2D eigenvalue weighted by molar-refractivity contribution is 9.10. The van der Waals surface area contributed by atoms with Crippen LogP contribution >= 0.6 is 15.9 Å². The van der Waals surface area contributed by atoms with Crippen molar-refractivity contribution in [3.63, 3.8) is 0 Å². The van der Waals surface area contributed by atoms with Gasteiger partial charge in [0.2, 0.25) is 0 Å². The number of rotatable bonds is 9. The minimum absolute atomic E-state index is 0.241. The number of halogens is 2. The van der Waals surface area contributed by atoms with E-state index in [0.717, 1.165) is 40.1 Å². The second-order valence-electron chi connectivity index (χ2n) is 10.6. The largest absolute Gasteiger partial charge is 0.490 e. The molecular formula is C28H35BrFNO2. The lowest BCUT2D eigenvalue weighted by Gasteiger charge is -2.59. The first-order valence-corrected chi connectivity index (χ1v) is 13.3. The minimum Gasteiger partial charge on any atom is -0.490 e. The van der Waals surface area contributed by atoms with Crippen molar-refractivity contribution in [1.29, 1.82) is 0 Å². The van der Waals surface area contributed by atoms with Gasteiger partial charge in [-0.2, -0.15) is 0 Å². The van der Waals surface area contributed by atoms with E-state index in [2.05, 4.69) is 40.3 Å². The van der Waals surface area contributed by atoms with E-state index >= 15 is 0 Å². The van der Waals surface area contributed by atoms with Crippen LogP contribution in [-0.4, -0.2) is 12.6 Å². The van der Waals surface area contributed by atoms with E-state index in [-0.39, 0.29) is 5.82 Å². The Hall–Kier alpha value is -1.59. The van der Waals surface area contributed by atoms with E-state index in [1.807, 2.05) is 6.92 Å². The summed E-state index contributed by atoms with van der Waals surface area (Å²) in [4.78, 5) is 0. The number of benzene rings is 2. The fraction of sp³-hybridized carbons (Fsp3) is 0.571. The molecule has 1 N–H and O–H groups in total. The Morgan fingerprint density at radius 1 is 1.00 bits per heavy atom. The van der Waals surface area contributed by atoms with Crippen molar-refractivity contribution in [3.8, 4) is 11.5 Å². The smallest absolute Gasteiger partial charge is 0.175 e. The Labute approximate surface area is 205 Å². The first-order chi connectivity index (χ1) is 15.9. The van der Waals surface area contributed by atoms with Gasteiger partial charge in [0.05, 0.1) is 11.1 Å². The summed E-state index contributed by atoms with van der Waals surface area (Å²) in [5, 5.41) is 3.88. The summed E-state index contributed by atoms with van der Waals surface area (Å²) in [5.74, 6) is 4.10. The Kier molecular flexibility index (Phi) is 6.72. The van der Waals surface area contributed by atoms with Gasteiger partial charge in [-0.15, -0.1) is 0 Å². The Balaban J connectivity index is 1.26. The molecule has 2 aromatic rings. The summed E-state index contributed by atoms with van der Waals surface area (Å²) < 4.78 is 26.1. The van der Waals surface area contributed by atoms with Gasteiger partial charge in [-0.25, -0.2) is 4.39 Å². The van der Waals surface area contributed by atoms with Crippen LogP contribution < -0.4 is 14.8 Å². The number of hydrogen-bond acceptors (Lipinski definition) is 3. The van der Waals surface area contributed by atoms with E-state index < -0.39 is 0 Å². The van der Waals surface area contributed by atoms with Crippen LogP contribution in [0, 0.1) is 29.0 Å². The third-order valence-electron chi connectivity index (χ3n) is 8.28. The predicted octanol–water partition coefficient (Wildman–Crippen LogP) is 7.26. The Morgan fingerprint density at radius 2 is 1.64 bits per heavy atom. The molecule has 33 heavy (non-hydrogen) atoms. The van der Waals surface area contributed by atoms with Gasteiger partial charge in [0.15, 0.2) is 11.5 Å². The molecule has 0 saturated heterocycles. The Morgan fingerprint density at radius 3 is 2.24 bits per heavy atom. The second kappa shape index (κ2) is 9.58. The van der Waals surface area contributed by atoms with Crippen LogP contribution in [0.3, 0.4) is 0 Å². The molecule has 3 nitrogen and oxygen atoms in total. The maximum Gasteiger partial charge on any atom is 0.175 e. The van der Waals surface area contributed by atoms with E-state index in [0.29, 0.717) is 30.4 Å². The maximum absolute atomic E-state index is 13.2. The zero-order chi connectivity index (χ0) is 23.0. The van der Waals surface area contributed by atoms with Crippen molar-refractivity contribution in [1.82, 2.24) is 5.32 Å². The standard InChI is InChI=1S/C28H35BrFNO2/c1-3-32-26-12-23(11-25(29)27(26)33-17-19-4-6-24(30)7-5-19)16-31-18(2)28-13-20-8-21(14-28)10-22(9-20)15-28/h4-7,11-12,18,20-22,31H,3,8-10,13-17H2,1-2H3/t18-,20?,21?,22?,28?/m0/s1. The molecule has 4 aliphatic rings. The lowest BCUT2D eigenvalue weighted by atomic mass is 9.48. The molecule has 5 heteroatoms. The number of nitrogens with one attached hydrogen (secondary N) is 1. The average Bonchev–Trinajstić information content (AvgIpc) is 2.77. The maximum atomic E-state index is 13.2. The predicted molar refractivity (Wildman–Crippen MR) is 133 cm³/mol. The van der Waals surface area contributed by atoms with Gasteiger partial charge in [-0.3, -0.25) is 0 Å². The van der Waals surface area contributed by atoms with Gasteiger partial charge in [0.25, 0.3) is 0 Å². The molecule has 178 valence electrons. The number of hydrogen-bond donors (Lipinski definition) is 1. The van der Waals surface area contributed by atoms with Crippen molar-refractivity contribution in [2.75, 3.05) is 6.61 Å². The van der Waals surface area contributed by atoms with Crippen LogP contribution in [0.5, 0.6) is 11.5 Å². The second-order valence-corrected chi connectivity index (χ2v) is 11.5. The van der Waals surface area contributed by atoms with Crippen molar-refractivity contribution in [3.05, 3.63) is 57.8 Å². The van der Waals surface area contributed by atoms with E-state index in [4.69, 9.17) is 9.47 Å². The minimum atomic E-state index is -0.241. The van der Waals surface area contributed by atoms with Gasteiger partial charge < -0.3 is 14.8 Å². The van der Waals surface area contributed by atoms with Crippen molar-refractivity contribution >= 4 is 15.9 Å². The molecule has 0 aromatic heterocycles. The fourth-order valence-electron chi connectivity index (χ4n) is 7.06. The highest BCUT2D eigenvalue weighted by atomic mass is 79.9. The lowest BCUT2D eigenvalue weighted by Crippen LogP contribution is -2.54. The zero-order valence-corrected chi connectivity index (χ0v) is 21.3. The highest BCUT2D eigenvalue weighted by Crippen LogP contribution is 2.61. The van der Waals surface area contributed by atoms with Gasteiger partial charge in [-0.05, 0) is 127 Å². The van der Waals surface area contributed by atoms with E-state index in [1.165, 1.54) is 56.2 Å². The molecular weight excluding hydrogens is 481 g/mol. The van der Waals surface area contributed by atoms with Crippen LogP contribution in [0.25, 0.3) is 0 Å². The monoisotopic (exact) mass is 515 g/mol. The molecule has 4 bridgehead atoms. The Bertz CT molecular complexity index is 941. The normalized spacial score (nSPS) is 28.7. The average molecular weight is 516 g/mol. The van der Waals surface area contributed by atoms with Gasteiger partial charge in [0, 0.05) is 12.6 Å². The van der Waals surface area contributed by atoms with E-state index in [1.54, 1.807) is 12.1 Å². The molecule has 6 rings (SSSR count). The van der Waals surface area contributed by atoms with Crippen molar-refractivity contribution < 1.29 is 13.9 Å². The molecule has 0 heterocycles. The third kappa shape index (κ3) is 4.95. The molecule has 0 aliphatic heterocycles. The summed E-state index contributed by atoms with van der Waals surface area (Å²) in [6, 6.07) is 11.1. The molecule has 1 atom stereocenters. The fourth-order valence-corrected chi connectivity index (χ4v) is 7.66. The molecule has 0 spiro atoms. The number of ether oxygens (including phenoxy) is 2. The first-order valence-electron chi connectivity index (χ1n) is 12.5. The van der Waals surface area contributed by atoms with Crippen LogP contribution in [0.1, 0.15) is 63.5 Å². The van der Waals surface area contributed by atoms with Gasteiger partial charge in [0.1, 0.15) is 12.4 Å². The molecule has 4 saturated carbocycles. The highest BCUT2D eigenvalue weighted by Gasteiger charge is 2.52. The summed E-state index contributed by atoms with van der Waals surface area (Å²) in [7, 11) is 0. The summed E-state index contributed by atoms with van der Waals surface area (Å²) in [6.45, 7) is 6.14. The van der Waals surface area contributed by atoms with Crippen molar-refractivity contribution in [2.24, 2.45) is 23.2 Å². The SMILES string of the molecule is CCOc1cc(CN[C@@H](C)C23CC4CC(CC(C4)C2)C3)cc(Br)c1OCc1ccc(F)cc1. The molecule has 4 aliphatic carbocycles. The first kappa shape index (κ1) is 23.2. The lowest BCUT2D eigenvalue weighted by molar-refractivity contribution is -0.0706. The molecule has 2 aromatic carbocycles. The van der Waals surface area contributed by atoms with Crippen LogP contribution in [0.2, 0.25) is 0 Å². The van der Waals surface area contributed by atoms with E-state index in [9.17, 15) is 4.39 Å². The van der Waals surface area contributed by atoms with Crippen molar-refractivity contribution in [2.45, 2.75) is 71.6 Å². The zero-order valence-electron chi connectivity index (χ0n) is 19.7. The van der Waals surface area contributed by atoms with Crippen LogP contribution in [0.4, 0.5) is 4.39 Å². The molecule has 0 radical (unpaired) electrons. The van der Waals surface area contributed by atoms with Crippen LogP contribution in [-0.2, 0) is 13.2 Å². The molecule has 0 unspecified atom stereocenters. The quantitative estimate of drug-likeness (QED) is 0.381.